The van der Waals surface area contributed by atoms with Crippen LogP contribution in [0.1, 0.15) is 43.8 Å². The van der Waals surface area contributed by atoms with Gasteiger partial charge in [0.15, 0.2) is 23.2 Å². The summed E-state index contributed by atoms with van der Waals surface area (Å²) in [6.45, 7) is 6.00. The first kappa shape index (κ1) is 22.2. The number of carbonyl (C=O) groups excluding carboxylic acids is 2. The third-order valence-corrected chi connectivity index (χ3v) is 6.48. The number of ether oxygens (including phenoxy) is 1. The average Bonchev–Trinajstić information content (AvgIpc) is 3.47. The number of hydrogen-bond acceptors (Lipinski definition) is 7. The first-order valence-corrected chi connectivity index (χ1v) is 11.3. The van der Waals surface area contributed by atoms with Gasteiger partial charge < -0.3 is 25.4 Å². The van der Waals surface area contributed by atoms with Crippen molar-refractivity contribution in [2.45, 2.75) is 57.2 Å². The number of benzene rings is 1. The number of aliphatic hydroxyl groups is 1. The van der Waals surface area contributed by atoms with E-state index in [0.717, 1.165) is 0 Å². The van der Waals surface area contributed by atoms with Crippen molar-refractivity contribution in [1.82, 2.24) is 29.7 Å². The van der Waals surface area contributed by atoms with Crippen LogP contribution in [0, 0.1) is 0 Å². The van der Waals surface area contributed by atoms with E-state index < -0.39 is 24.0 Å². The van der Waals surface area contributed by atoms with Crippen LogP contribution in [0.3, 0.4) is 0 Å². The summed E-state index contributed by atoms with van der Waals surface area (Å²) in [5.74, 6) is -0.0517. The molecule has 2 aliphatic heterocycles. The molecule has 0 aliphatic carbocycles. The van der Waals surface area contributed by atoms with Gasteiger partial charge in [-0.25, -0.2) is 19.7 Å². The third kappa shape index (κ3) is 3.48. The Kier molecular flexibility index (Phi) is 5.45. The molecule has 34 heavy (non-hydrogen) atoms. The van der Waals surface area contributed by atoms with Crippen LogP contribution in [0.4, 0.5) is 10.6 Å². The lowest BCUT2D eigenvalue weighted by Crippen LogP contribution is -2.52. The Bertz CT molecular complexity index is 1230. The second-order valence-electron chi connectivity index (χ2n) is 8.96. The summed E-state index contributed by atoms with van der Waals surface area (Å²) in [7, 11) is 0. The predicted octanol–water partition coefficient (Wildman–Crippen LogP) is 1.92. The number of urea groups is 1. The molecule has 178 valence electrons. The quantitative estimate of drug-likeness (QED) is 0.524. The SMILES string of the molecule is CC[C@@]12CN(C(=O)NC(C)C)[C@@H]([C@H](n3cnc4c(NC(=O)c5ccccc5)ncnc43)O1)[C@@H]2O. The monoisotopic (exact) mass is 465 g/mol. The Hall–Kier alpha value is -3.57. The minimum absolute atomic E-state index is 0.0432. The number of anilines is 1. The van der Waals surface area contributed by atoms with Gasteiger partial charge in [-0.1, -0.05) is 25.1 Å². The van der Waals surface area contributed by atoms with Gasteiger partial charge >= 0.3 is 6.03 Å². The van der Waals surface area contributed by atoms with Gasteiger partial charge in [-0.2, -0.15) is 0 Å². The number of hydrogen-bond donors (Lipinski definition) is 3. The highest BCUT2D eigenvalue weighted by molar-refractivity contribution is 6.06. The maximum atomic E-state index is 12.9. The van der Waals surface area contributed by atoms with Crippen molar-refractivity contribution in [3.05, 3.63) is 48.5 Å². The van der Waals surface area contributed by atoms with Gasteiger partial charge in [0.25, 0.3) is 5.91 Å². The van der Waals surface area contributed by atoms with Gasteiger partial charge in [-0.15, -0.1) is 0 Å². The van der Waals surface area contributed by atoms with Crippen molar-refractivity contribution in [2.75, 3.05) is 11.9 Å². The van der Waals surface area contributed by atoms with E-state index in [1.54, 1.807) is 33.7 Å². The molecule has 2 aliphatic rings. The summed E-state index contributed by atoms with van der Waals surface area (Å²) >= 11 is 0. The molecule has 1 aromatic carbocycles. The first-order chi connectivity index (χ1) is 16.3. The van der Waals surface area contributed by atoms with Crippen molar-refractivity contribution in [3.8, 4) is 0 Å². The smallest absolute Gasteiger partial charge is 0.318 e. The van der Waals surface area contributed by atoms with Gasteiger partial charge in [0.2, 0.25) is 0 Å². The van der Waals surface area contributed by atoms with E-state index >= 15 is 0 Å². The summed E-state index contributed by atoms with van der Waals surface area (Å²) in [6.07, 6.45) is 1.85. The largest absolute Gasteiger partial charge is 0.388 e. The summed E-state index contributed by atoms with van der Waals surface area (Å²) in [4.78, 5) is 40.1. The van der Waals surface area contributed by atoms with E-state index in [0.29, 0.717) is 29.7 Å². The molecule has 3 amide bonds. The minimum Gasteiger partial charge on any atom is -0.388 e. The van der Waals surface area contributed by atoms with Gasteiger partial charge in [0.1, 0.15) is 24.1 Å². The number of carbonyl (C=O) groups is 2. The number of imidazole rings is 1. The van der Waals surface area contributed by atoms with E-state index in [4.69, 9.17) is 4.74 Å². The van der Waals surface area contributed by atoms with Crippen molar-refractivity contribution in [3.63, 3.8) is 0 Å². The second kappa shape index (κ2) is 8.33. The van der Waals surface area contributed by atoms with Gasteiger partial charge in [0, 0.05) is 11.6 Å². The topological polar surface area (TPSA) is 134 Å². The highest BCUT2D eigenvalue weighted by Crippen LogP contribution is 2.48. The van der Waals surface area contributed by atoms with E-state index in [9.17, 15) is 14.7 Å². The number of aromatic nitrogens is 4. The van der Waals surface area contributed by atoms with Crippen molar-refractivity contribution in [1.29, 1.82) is 0 Å². The molecule has 5 rings (SSSR count). The van der Waals surface area contributed by atoms with Crippen LogP contribution in [0.15, 0.2) is 43.0 Å². The number of fused-ring (bicyclic) bond motifs is 3. The number of aliphatic hydroxyl groups excluding tert-OH is 1. The molecule has 0 saturated carbocycles. The summed E-state index contributed by atoms with van der Waals surface area (Å²) < 4.78 is 8.03. The minimum atomic E-state index is -0.877. The Morgan fingerprint density at radius 2 is 2.00 bits per heavy atom. The maximum Gasteiger partial charge on any atom is 0.318 e. The Morgan fingerprint density at radius 1 is 1.24 bits per heavy atom. The molecule has 11 nitrogen and oxygen atoms in total. The van der Waals surface area contributed by atoms with Crippen LogP contribution >= 0.6 is 0 Å². The fourth-order valence-electron chi connectivity index (χ4n) is 4.76. The maximum absolute atomic E-state index is 12.9. The van der Waals surface area contributed by atoms with Crippen LogP contribution in [0.25, 0.3) is 11.2 Å². The number of nitrogens with zero attached hydrogens (tertiary/aromatic N) is 5. The number of morpholine rings is 1. The molecule has 3 aromatic rings. The number of amides is 3. The second-order valence-corrected chi connectivity index (χ2v) is 8.96. The standard InChI is InChI=1S/C23H27N7O4/c1-4-23-10-29(22(33)27-13(2)3)16(17(23)31)21(34-23)30-12-26-15-18(24-11-25-19(15)30)28-20(32)14-8-6-5-7-9-14/h5-9,11-13,16-17,21,31H,4,10H2,1-3H3,(H,27,33)(H,24,25,28,32)/t16-,17+,21-,23+/m1/s1. The predicted molar refractivity (Wildman–Crippen MR) is 123 cm³/mol. The molecule has 3 N–H and O–H groups in total. The van der Waals surface area contributed by atoms with Gasteiger partial charge in [-0.05, 0) is 32.4 Å². The fraction of sp³-hybridized carbons (Fsp3) is 0.435. The molecular weight excluding hydrogens is 438 g/mol. The van der Waals surface area contributed by atoms with Crippen LogP contribution in [0.2, 0.25) is 0 Å². The third-order valence-electron chi connectivity index (χ3n) is 6.48. The normalized spacial score (nSPS) is 25.8. The highest BCUT2D eigenvalue weighted by atomic mass is 16.6. The van der Waals surface area contributed by atoms with E-state index in [1.165, 1.54) is 12.7 Å². The Labute approximate surface area is 196 Å². The molecule has 4 heterocycles. The molecule has 4 atom stereocenters. The molecule has 2 saturated heterocycles. The summed E-state index contributed by atoms with van der Waals surface area (Å²) in [6, 6.07) is 7.89. The molecular formula is C23H27N7O4. The lowest BCUT2D eigenvalue weighted by molar-refractivity contribution is -0.128. The van der Waals surface area contributed by atoms with E-state index in [1.807, 2.05) is 26.8 Å². The number of nitrogens with one attached hydrogen (secondary N) is 2. The molecule has 11 heteroatoms. The zero-order valence-electron chi connectivity index (χ0n) is 19.2. The lowest BCUT2D eigenvalue weighted by Gasteiger charge is -2.37. The van der Waals surface area contributed by atoms with E-state index in [2.05, 4.69) is 25.6 Å². The Morgan fingerprint density at radius 3 is 2.68 bits per heavy atom. The van der Waals surface area contributed by atoms with Crippen LogP contribution in [-0.4, -0.2) is 71.8 Å². The molecule has 0 spiro atoms. The van der Waals surface area contributed by atoms with E-state index in [-0.39, 0.29) is 23.8 Å². The molecule has 2 aromatic heterocycles. The zero-order chi connectivity index (χ0) is 24.0. The fourth-order valence-corrected chi connectivity index (χ4v) is 4.76. The number of rotatable bonds is 5. The zero-order valence-corrected chi connectivity index (χ0v) is 19.2. The number of likely N-dealkylation sites (tertiary alicyclic amines) is 1. The van der Waals surface area contributed by atoms with Gasteiger partial charge in [-0.3, -0.25) is 9.36 Å². The summed E-state index contributed by atoms with van der Waals surface area (Å²) in [5, 5.41) is 16.8. The first-order valence-electron chi connectivity index (χ1n) is 11.3. The van der Waals surface area contributed by atoms with Crippen molar-refractivity contribution >= 4 is 28.9 Å². The summed E-state index contributed by atoms with van der Waals surface area (Å²) in [5.41, 5.74) is 0.428. The Balaban J connectivity index is 1.48. The lowest BCUT2D eigenvalue weighted by atomic mass is 9.96. The van der Waals surface area contributed by atoms with Crippen LogP contribution in [-0.2, 0) is 4.74 Å². The van der Waals surface area contributed by atoms with Gasteiger partial charge in [0.05, 0.1) is 12.9 Å². The molecule has 0 radical (unpaired) electrons. The van der Waals surface area contributed by atoms with Crippen LogP contribution < -0.4 is 10.6 Å². The molecule has 2 fully saturated rings. The van der Waals surface area contributed by atoms with Crippen LogP contribution in [0.5, 0.6) is 0 Å². The average molecular weight is 466 g/mol. The molecule has 2 bridgehead atoms. The van der Waals surface area contributed by atoms with Crippen molar-refractivity contribution < 1.29 is 19.4 Å². The van der Waals surface area contributed by atoms with Crippen molar-refractivity contribution in [2.24, 2.45) is 0 Å². The highest BCUT2D eigenvalue weighted by Gasteiger charge is 2.64. The molecule has 0 unspecified atom stereocenters.